The van der Waals surface area contributed by atoms with Gasteiger partial charge in [-0.3, -0.25) is 14.5 Å². The van der Waals surface area contributed by atoms with Gasteiger partial charge in [-0.2, -0.15) is 0 Å². The molecule has 2 N–H and O–H groups in total. The summed E-state index contributed by atoms with van der Waals surface area (Å²) in [4.78, 5) is 27.9. The van der Waals surface area contributed by atoms with Gasteiger partial charge in [0.1, 0.15) is 17.7 Å². The molecule has 4 bridgehead atoms. The summed E-state index contributed by atoms with van der Waals surface area (Å²) in [6.45, 7) is 2.96. The molecule has 43 heavy (non-hydrogen) atoms. The van der Waals surface area contributed by atoms with Crippen molar-refractivity contribution in [1.82, 2.24) is 15.5 Å². The molecule has 9 nitrogen and oxygen atoms in total. The van der Waals surface area contributed by atoms with Crippen LogP contribution < -0.4 is 24.8 Å². The lowest BCUT2D eigenvalue weighted by molar-refractivity contribution is -0.125. The summed E-state index contributed by atoms with van der Waals surface area (Å²) < 4.78 is 38.0. The van der Waals surface area contributed by atoms with Gasteiger partial charge in [0.2, 0.25) is 5.91 Å². The normalized spacial score (nSPS) is 19.9. The summed E-state index contributed by atoms with van der Waals surface area (Å²) in [5, 5.41) is 5.94. The van der Waals surface area contributed by atoms with E-state index < -0.39 is 11.9 Å². The molecule has 5 rings (SSSR count). The highest BCUT2D eigenvalue weighted by Crippen LogP contribution is 2.29. The first-order chi connectivity index (χ1) is 20.9. The molecule has 1 fully saturated rings. The predicted molar refractivity (Wildman–Crippen MR) is 159 cm³/mol. The minimum absolute atomic E-state index is 0.161. The third-order valence-corrected chi connectivity index (χ3v) is 7.58. The first kappa shape index (κ1) is 30.3. The minimum Gasteiger partial charge on any atom is -0.493 e. The molecular formula is C33H38FN3O6. The number of benzene rings is 3. The van der Waals surface area contributed by atoms with Crippen molar-refractivity contribution in [3.8, 4) is 17.2 Å². The average molecular weight is 592 g/mol. The Morgan fingerprint density at radius 2 is 1.86 bits per heavy atom. The van der Waals surface area contributed by atoms with Crippen molar-refractivity contribution in [3.63, 3.8) is 0 Å². The molecule has 10 heteroatoms. The number of ether oxygens (including phenoxy) is 4. The van der Waals surface area contributed by atoms with Gasteiger partial charge >= 0.3 is 0 Å². The van der Waals surface area contributed by atoms with E-state index in [1.165, 1.54) is 19.2 Å². The Balaban J connectivity index is 1.30. The first-order valence-corrected chi connectivity index (χ1v) is 14.6. The van der Waals surface area contributed by atoms with Gasteiger partial charge in [-0.25, -0.2) is 4.39 Å². The molecule has 0 aliphatic carbocycles. The number of hydrogen-bond donors (Lipinski definition) is 2. The van der Waals surface area contributed by atoms with Gasteiger partial charge in [0, 0.05) is 38.7 Å². The van der Waals surface area contributed by atoms with E-state index in [1.807, 2.05) is 36.4 Å². The molecule has 228 valence electrons. The number of carbonyl (C=O) groups is 2. The summed E-state index contributed by atoms with van der Waals surface area (Å²) in [5.41, 5.74) is 2.58. The second-order valence-electron chi connectivity index (χ2n) is 10.8. The van der Waals surface area contributed by atoms with Crippen LogP contribution in [0.5, 0.6) is 17.2 Å². The number of carbonyl (C=O) groups excluding carboxylic acids is 2. The minimum atomic E-state index is -0.455. The Hall–Kier alpha value is -4.15. The number of halogens is 1. The highest BCUT2D eigenvalue weighted by atomic mass is 19.1. The van der Waals surface area contributed by atoms with Crippen LogP contribution in [-0.4, -0.2) is 68.8 Å². The van der Waals surface area contributed by atoms with Crippen molar-refractivity contribution >= 4 is 11.8 Å². The molecule has 0 aromatic heterocycles. The number of nitrogens with one attached hydrogen (secondary N) is 2. The van der Waals surface area contributed by atoms with E-state index in [2.05, 4.69) is 15.5 Å². The molecule has 3 aromatic rings. The molecule has 0 saturated carbocycles. The number of hydrogen-bond acceptors (Lipinski definition) is 7. The number of fused-ring (bicyclic) bond motifs is 5. The van der Waals surface area contributed by atoms with Crippen molar-refractivity contribution in [2.45, 2.75) is 44.6 Å². The van der Waals surface area contributed by atoms with Crippen LogP contribution in [0.15, 0.2) is 66.7 Å². The summed E-state index contributed by atoms with van der Waals surface area (Å²) in [6.07, 6.45) is 0.919. The number of rotatable bonds is 6. The van der Waals surface area contributed by atoms with Crippen LogP contribution in [0.25, 0.3) is 0 Å². The molecule has 0 unspecified atom stereocenters. The van der Waals surface area contributed by atoms with Gasteiger partial charge in [-0.15, -0.1) is 0 Å². The molecule has 2 amide bonds. The maximum Gasteiger partial charge on any atom is 0.258 e. The van der Waals surface area contributed by atoms with Crippen LogP contribution in [0.2, 0.25) is 0 Å². The number of aryl methyl sites for hydroxylation is 1. The van der Waals surface area contributed by atoms with E-state index in [1.54, 1.807) is 18.2 Å². The van der Waals surface area contributed by atoms with E-state index in [-0.39, 0.29) is 37.4 Å². The average Bonchev–Trinajstić information content (AvgIpc) is 3.01. The highest BCUT2D eigenvalue weighted by molar-refractivity contribution is 5.78. The zero-order chi connectivity index (χ0) is 30.0. The van der Waals surface area contributed by atoms with Crippen LogP contribution in [0.3, 0.4) is 0 Å². The maximum atomic E-state index is 14.6. The van der Waals surface area contributed by atoms with Gasteiger partial charge in [0.25, 0.3) is 5.91 Å². The van der Waals surface area contributed by atoms with Gasteiger partial charge in [-0.05, 0) is 53.8 Å². The van der Waals surface area contributed by atoms with Gasteiger partial charge in [0.15, 0.2) is 18.1 Å². The fourth-order valence-corrected chi connectivity index (χ4v) is 5.33. The molecule has 2 atom stereocenters. The molecule has 3 aromatic carbocycles. The zero-order valence-electron chi connectivity index (χ0n) is 24.4. The summed E-state index contributed by atoms with van der Waals surface area (Å²) in [6, 6.07) is 19.5. The third-order valence-electron chi connectivity index (χ3n) is 7.58. The second kappa shape index (κ2) is 14.8. The quantitative estimate of drug-likeness (QED) is 0.423. The van der Waals surface area contributed by atoms with E-state index in [0.717, 1.165) is 17.7 Å². The Kier molecular flexibility index (Phi) is 10.5. The Bertz CT molecular complexity index is 1390. The molecule has 2 aliphatic rings. The van der Waals surface area contributed by atoms with Gasteiger partial charge in [-0.1, -0.05) is 36.4 Å². The van der Waals surface area contributed by atoms with Crippen LogP contribution in [0.4, 0.5) is 4.39 Å². The predicted octanol–water partition coefficient (Wildman–Crippen LogP) is 3.63. The van der Waals surface area contributed by atoms with Crippen LogP contribution in [-0.2, 0) is 33.9 Å². The van der Waals surface area contributed by atoms with Crippen molar-refractivity contribution in [1.29, 1.82) is 0 Å². The lowest BCUT2D eigenvalue weighted by Gasteiger charge is -2.38. The van der Waals surface area contributed by atoms with Crippen molar-refractivity contribution in [2.24, 2.45) is 0 Å². The third kappa shape index (κ3) is 8.92. The summed E-state index contributed by atoms with van der Waals surface area (Å²) in [7, 11) is 1.54. The Morgan fingerprint density at radius 3 is 2.70 bits per heavy atom. The Labute approximate surface area is 251 Å². The van der Waals surface area contributed by atoms with Gasteiger partial charge in [0.05, 0.1) is 26.4 Å². The molecule has 2 heterocycles. The zero-order valence-corrected chi connectivity index (χ0v) is 24.4. The molecule has 2 aliphatic heterocycles. The number of piperidine rings is 1. The molecule has 1 saturated heterocycles. The monoisotopic (exact) mass is 591 g/mol. The number of likely N-dealkylation sites (tertiary alicyclic amines) is 1. The van der Waals surface area contributed by atoms with Crippen LogP contribution >= 0.6 is 0 Å². The smallest absolute Gasteiger partial charge is 0.258 e. The maximum absolute atomic E-state index is 14.6. The number of nitrogens with zero attached hydrogens (tertiary/aromatic N) is 1. The lowest BCUT2D eigenvalue weighted by Crippen LogP contribution is -2.58. The standard InChI is InChI=1S/C33H38FN3O6/c1-40-30-9-7-23-8-10-32(38)35-19-25-15-26(34)18-27(16-25)43-29-11-12-37(13-14-41-21-24-5-3-2-4-6-24)20-28(29)36-33(39)22-42-31(30)17-23/h2-7,9,15-18,28-29H,8,10-14,19-22H2,1H3,(H,35,38)(H,36,39)/t28-,29-/m1/s1. The Morgan fingerprint density at radius 1 is 1.00 bits per heavy atom. The second-order valence-corrected chi connectivity index (χ2v) is 10.8. The van der Waals surface area contributed by atoms with E-state index in [9.17, 15) is 14.0 Å². The fraction of sp³-hybridized carbons (Fsp3) is 0.394. The highest BCUT2D eigenvalue weighted by Gasteiger charge is 2.32. The molecule has 0 spiro atoms. The van der Waals surface area contributed by atoms with Crippen molar-refractivity contribution < 1.29 is 32.9 Å². The summed E-state index contributed by atoms with van der Waals surface area (Å²) in [5.74, 6) is 0.348. The number of methoxy groups -OCH3 is 1. The van der Waals surface area contributed by atoms with E-state index >= 15 is 0 Å². The SMILES string of the molecule is COc1ccc2cc1OCC(=O)N[C@@H]1CN(CCOCc3ccccc3)CC[C@H]1Oc1cc(F)cc(c1)CNC(=O)CC2. The van der Waals surface area contributed by atoms with Crippen LogP contribution in [0.1, 0.15) is 29.5 Å². The topological polar surface area (TPSA) is 98.4 Å². The summed E-state index contributed by atoms with van der Waals surface area (Å²) >= 11 is 0. The molecular weight excluding hydrogens is 553 g/mol. The lowest BCUT2D eigenvalue weighted by atomic mass is 10.0. The van der Waals surface area contributed by atoms with E-state index in [4.69, 9.17) is 18.9 Å². The number of amides is 2. The van der Waals surface area contributed by atoms with Gasteiger partial charge < -0.3 is 29.6 Å². The largest absolute Gasteiger partial charge is 0.493 e. The van der Waals surface area contributed by atoms with Crippen molar-refractivity contribution in [2.75, 3.05) is 40.0 Å². The van der Waals surface area contributed by atoms with Crippen molar-refractivity contribution in [3.05, 3.63) is 89.2 Å². The first-order valence-electron chi connectivity index (χ1n) is 14.6. The molecule has 0 radical (unpaired) electrons. The van der Waals surface area contributed by atoms with Crippen LogP contribution in [0, 0.1) is 5.82 Å². The fourth-order valence-electron chi connectivity index (χ4n) is 5.33. The van der Waals surface area contributed by atoms with E-state index in [0.29, 0.717) is 62.0 Å².